The maximum absolute atomic E-state index is 12.6. The zero-order valence-electron chi connectivity index (χ0n) is 17.0. The molecule has 1 saturated heterocycles. The molecule has 1 aliphatic heterocycles. The zero-order valence-corrected chi connectivity index (χ0v) is 17.0. The van der Waals surface area contributed by atoms with Crippen molar-refractivity contribution in [1.29, 1.82) is 0 Å². The first kappa shape index (κ1) is 19.6. The summed E-state index contributed by atoms with van der Waals surface area (Å²) >= 11 is 0. The third-order valence-corrected chi connectivity index (χ3v) is 6.89. The molecule has 7 heteroatoms. The molecule has 1 saturated carbocycles. The highest BCUT2D eigenvalue weighted by atomic mass is 16.5. The van der Waals surface area contributed by atoms with Crippen LogP contribution in [-0.4, -0.2) is 53.2 Å². The number of carbonyl (C=O) groups excluding carboxylic acids is 2. The molecule has 0 bridgehead atoms. The highest BCUT2D eigenvalue weighted by molar-refractivity contribution is 5.92. The van der Waals surface area contributed by atoms with Crippen LogP contribution < -0.4 is 5.32 Å². The van der Waals surface area contributed by atoms with E-state index in [1.165, 1.54) is 4.90 Å². The van der Waals surface area contributed by atoms with Gasteiger partial charge in [0.2, 0.25) is 5.91 Å². The number of hydrogen-bond acceptors (Lipinski definition) is 4. The molecule has 160 valence electrons. The van der Waals surface area contributed by atoms with Crippen LogP contribution in [-0.2, 0) is 14.3 Å². The Morgan fingerprint density at radius 3 is 2.35 bits per heavy atom. The van der Waals surface area contributed by atoms with E-state index < -0.39 is 17.6 Å². The molecular formula is C24H24N2O5. The summed E-state index contributed by atoms with van der Waals surface area (Å²) in [5, 5.41) is 12.1. The van der Waals surface area contributed by atoms with Crippen LogP contribution in [0.4, 0.5) is 4.79 Å². The minimum absolute atomic E-state index is 0.0251. The van der Waals surface area contributed by atoms with Gasteiger partial charge in [0.15, 0.2) is 0 Å². The lowest BCUT2D eigenvalue weighted by Gasteiger charge is -2.33. The highest BCUT2D eigenvalue weighted by Gasteiger charge is 2.66. The van der Waals surface area contributed by atoms with Gasteiger partial charge in [-0.05, 0) is 47.4 Å². The molecule has 3 aliphatic rings. The van der Waals surface area contributed by atoms with Gasteiger partial charge in [0, 0.05) is 12.5 Å². The van der Waals surface area contributed by atoms with E-state index in [2.05, 4.69) is 17.4 Å². The normalized spacial score (nSPS) is 23.4. The Morgan fingerprint density at radius 2 is 1.71 bits per heavy atom. The quantitative estimate of drug-likeness (QED) is 0.775. The predicted molar refractivity (Wildman–Crippen MR) is 112 cm³/mol. The maximum Gasteiger partial charge on any atom is 0.407 e. The molecule has 2 aromatic rings. The van der Waals surface area contributed by atoms with Crippen molar-refractivity contribution >= 4 is 18.0 Å². The highest BCUT2D eigenvalue weighted by Crippen LogP contribution is 2.54. The van der Waals surface area contributed by atoms with Crippen molar-refractivity contribution < 1.29 is 24.2 Å². The number of aliphatic carboxylic acids is 1. The third-order valence-electron chi connectivity index (χ3n) is 6.89. The fraction of sp³-hybridized carbons (Fsp3) is 0.375. The Hall–Kier alpha value is -3.35. The molecule has 0 spiro atoms. The Labute approximate surface area is 180 Å². The number of benzene rings is 2. The average molecular weight is 420 g/mol. The van der Waals surface area contributed by atoms with Crippen LogP contribution >= 0.6 is 0 Å². The van der Waals surface area contributed by atoms with E-state index in [9.17, 15) is 19.5 Å². The number of rotatable bonds is 5. The topological polar surface area (TPSA) is 95.9 Å². The fourth-order valence-corrected chi connectivity index (χ4v) is 5.30. The van der Waals surface area contributed by atoms with Crippen LogP contribution in [0.1, 0.15) is 36.3 Å². The van der Waals surface area contributed by atoms with Gasteiger partial charge in [-0.1, -0.05) is 48.5 Å². The van der Waals surface area contributed by atoms with Gasteiger partial charge < -0.3 is 20.1 Å². The SMILES string of the molecule is O=C(NCC(=O)N1CCC[C@@H]2C[C@@]21C(=O)O)OCC1c2ccccc2-c2ccccc21. The van der Waals surface area contributed by atoms with Gasteiger partial charge >= 0.3 is 12.1 Å². The predicted octanol–water partition coefficient (Wildman–Crippen LogP) is 2.99. The van der Waals surface area contributed by atoms with Gasteiger partial charge in [-0.15, -0.1) is 0 Å². The summed E-state index contributed by atoms with van der Waals surface area (Å²) in [6.45, 7) is 0.311. The number of amides is 2. The number of nitrogens with one attached hydrogen (secondary N) is 1. The van der Waals surface area contributed by atoms with Crippen molar-refractivity contribution in [3.05, 3.63) is 59.7 Å². The Bertz CT molecular complexity index is 1020. The van der Waals surface area contributed by atoms with E-state index in [4.69, 9.17) is 4.74 Å². The van der Waals surface area contributed by atoms with Gasteiger partial charge in [0.05, 0.1) is 0 Å². The van der Waals surface area contributed by atoms with Crippen LogP contribution in [0.5, 0.6) is 0 Å². The molecule has 0 aromatic heterocycles. The first-order valence-electron chi connectivity index (χ1n) is 10.6. The average Bonchev–Trinajstić information content (AvgIpc) is 3.47. The third kappa shape index (κ3) is 3.15. The second kappa shape index (κ2) is 7.41. The number of carboxylic acid groups (broad SMARTS) is 1. The summed E-state index contributed by atoms with van der Waals surface area (Å²) in [7, 11) is 0. The Balaban J connectivity index is 1.20. The summed E-state index contributed by atoms with van der Waals surface area (Å²) in [5.41, 5.74) is 3.45. The summed E-state index contributed by atoms with van der Waals surface area (Å²) in [4.78, 5) is 38.1. The molecule has 0 radical (unpaired) electrons. The lowest BCUT2D eigenvalue weighted by molar-refractivity contribution is -0.154. The number of piperidine rings is 1. The first-order valence-corrected chi connectivity index (χ1v) is 10.6. The summed E-state index contributed by atoms with van der Waals surface area (Å²) in [6, 6.07) is 16.1. The fourth-order valence-electron chi connectivity index (χ4n) is 5.30. The minimum Gasteiger partial charge on any atom is -0.479 e. The number of fused-ring (bicyclic) bond motifs is 4. The molecular weight excluding hydrogens is 396 g/mol. The summed E-state index contributed by atoms with van der Waals surface area (Å²) < 4.78 is 5.45. The number of ether oxygens (including phenoxy) is 1. The number of nitrogens with zero attached hydrogens (tertiary/aromatic N) is 1. The zero-order chi connectivity index (χ0) is 21.6. The first-order chi connectivity index (χ1) is 15.0. The molecule has 2 aromatic carbocycles. The maximum atomic E-state index is 12.6. The molecule has 2 atom stereocenters. The van der Waals surface area contributed by atoms with E-state index in [-0.39, 0.29) is 30.9 Å². The van der Waals surface area contributed by atoms with E-state index in [1.807, 2.05) is 36.4 Å². The van der Waals surface area contributed by atoms with Gasteiger partial charge in [-0.3, -0.25) is 4.79 Å². The van der Waals surface area contributed by atoms with Crippen LogP contribution in [0.15, 0.2) is 48.5 Å². The molecule has 0 unspecified atom stereocenters. The molecule has 5 rings (SSSR count). The lowest BCUT2D eigenvalue weighted by Crippen LogP contribution is -2.54. The van der Waals surface area contributed by atoms with Crippen LogP contribution in [0.3, 0.4) is 0 Å². The second-order valence-electron chi connectivity index (χ2n) is 8.50. The van der Waals surface area contributed by atoms with Gasteiger partial charge in [0.25, 0.3) is 0 Å². The largest absolute Gasteiger partial charge is 0.479 e. The molecule has 31 heavy (non-hydrogen) atoms. The Kier molecular flexibility index (Phi) is 4.68. The van der Waals surface area contributed by atoms with Crippen molar-refractivity contribution in [3.8, 4) is 11.1 Å². The molecule has 2 N–H and O–H groups in total. The van der Waals surface area contributed by atoms with Crippen molar-refractivity contribution in [2.24, 2.45) is 5.92 Å². The monoisotopic (exact) mass is 420 g/mol. The van der Waals surface area contributed by atoms with E-state index in [0.717, 1.165) is 35.1 Å². The lowest BCUT2D eigenvalue weighted by atomic mass is 9.98. The van der Waals surface area contributed by atoms with Gasteiger partial charge in [-0.25, -0.2) is 9.59 Å². The van der Waals surface area contributed by atoms with Crippen LogP contribution in [0.25, 0.3) is 11.1 Å². The number of likely N-dealkylation sites (tertiary alicyclic amines) is 1. The van der Waals surface area contributed by atoms with Gasteiger partial charge in [0.1, 0.15) is 18.7 Å². The van der Waals surface area contributed by atoms with Crippen molar-refractivity contribution in [2.75, 3.05) is 19.7 Å². The van der Waals surface area contributed by atoms with Crippen molar-refractivity contribution in [3.63, 3.8) is 0 Å². The second-order valence-corrected chi connectivity index (χ2v) is 8.50. The molecule has 2 aliphatic carbocycles. The number of carboxylic acids is 1. The molecule has 1 heterocycles. The van der Waals surface area contributed by atoms with Crippen molar-refractivity contribution in [1.82, 2.24) is 10.2 Å². The van der Waals surface area contributed by atoms with Crippen LogP contribution in [0.2, 0.25) is 0 Å². The van der Waals surface area contributed by atoms with Gasteiger partial charge in [-0.2, -0.15) is 0 Å². The molecule has 2 fully saturated rings. The molecule has 2 amide bonds. The number of alkyl carbamates (subject to hydrolysis) is 1. The molecule has 7 nitrogen and oxygen atoms in total. The van der Waals surface area contributed by atoms with E-state index >= 15 is 0 Å². The van der Waals surface area contributed by atoms with Crippen LogP contribution in [0, 0.1) is 5.92 Å². The smallest absolute Gasteiger partial charge is 0.407 e. The number of carbonyl (C=O) groups is 3. The number of hydrogen-bond donors (Lipinski definition) is 2. The minimum atomic E-state index is -1.07. The van der Waals surface area contributed by atoms with Crippen molar-refractivity contribution in [2.45, 2.75) is 30.7 Å². The summed E-state index contributed by atoms with van der Waals surface area (Å²) in [5.74, 6) is -1.36. The van der Waals surface area contributed by atoms with E-state index in [0.29, 0.717) is 13.0 Å². The standard InChI is InChI=1S/C24H24N2O5/c27-21(26-11-5-6-15-12-24(15,26)22(28)29)13-25-23(30)31-14-20-18-9-3-1-7-16(18)17-8-2-4-10-19(17)20/h1-4,7-10,15,20H,5-6,11-14H2,(H,25,30)(H,28,29)/t15-,24+/m1/s1. The van der Waals surface area contributed by atoms with E-state index in [1.54, 1.807) is 0 Å². The summed E-state index contributed by atoms with van der Waals surface area (Å²) in [6.07, 6.45) is 1.44. The Morgan fingerprint density at radius 1 is 1.06 bits per heavy atom.